The number of halogens is 1. The van der Waals surface area contributed by atoms with E-state index in [2.05, 4.69) is 0 Å². The molecule has 0 saturated carbocycles. The van der Waals surface area contributed by atoms with E-state index in [1.807, 2.05) is 12.1 Å². The summed E-state index contributed by atoms with van der Waals surface area (Å²) in [5.41, 5.74) is 2.01. The molecule has 2 aromatic rings. The van der Waals surface area contributed by atoms with Gasteiger partial charge in [-0.15, -0.1) is 0 Å². The highest BCUT2D eigenvalue weighted by atomic mass is 35.5. The fourth-order valence-corrected chi connectivity index (χ4v) is 2.27. The molecule has 2 rings (SSSR count). The number of rotatable bonds is 4. The molecule has 0 N–H and O–H groups in total. The first kappa shape index (κ1) is 15.2. The van der Waals surface area contributed by atoms with Gasteiger partial charge in [0.25, 0.3) is 0 Å². The molecule has 0 aliphatic heterocycles. The van der Waals surface area contributed by atoms with Gasteiger partial charge in [-0.2, -0.15) is 0 Å². The Morgan fingerprint density at radius 1 is 0.952 bits per heavy atom. The highest BCUT2D eigenvalue weighted by molar-refractivity contribution is 6.33. The van der Waals surface area contributed by atoms with Gasteiger partial charge >= 0.3 is 5.97 Å². The second-order valence-corrected chi connectivity index (χ2v) is 4.66. The molecule has 110 valence electrons. The topological polar surface area (TPSA) is 44.8 Å². The Balaban J connectivity index is 2.51. The zero-order chi connectivity index (χ0) is 15.4. The number of carbonyl (C=O) groups is 1. The summed E-state index contributed by atoms with van der Waals surface area (Å²) in [5.74, 6) is 0.805. The van der Waals surface area contributed by atoms with Crippen molar-refractivity contribution in [2.24, 2.45) is 0 Å². The molecule has 0 heterocycles. The van der Waals surface area contributed by atoms with E-state index in [1.165, 1.54) is 14.2 Å². The summed E-state index contributed by atoms with van der Waals surface area (Å²) in [4.78, 5) is 11.6. The van der Waals surface area contributed by atoms with Crippen molar-refractivity contribution in [3.05, 3.63) is 47.0 Å². The van der Waals surface area contributed by atoms with Crippen molar-refractivity contribution in [3.63, 3.8) is 0 Å². The number of benzene rings is 2. The van der Waals surface area contributed by atoms with E-state index in [1.54, 1.807) is 31.4 Å². The van der Waals surface area contributed by atoms with Crippen molar-refractivity contribution in [2.45, 2.75) is 0 Å². The molecule has 5 heteroatoms. The Kier molecular flexibility index (Phi) is 4.70. The molecule has 0 aromatic heterocycles. The number of carbonyl (C=O) groups excluding carboxylic acids is 1. The minimum atomic E-state index is -0.416. The van der Waals surface area contributed by atoms with Crippen LogP contribution in [0, 0.1) is 0 Å². The van der Waals surface area contributed by atoms with E-state index in [0.29, 0.717) is 22.1 Å². The van der Waals surface area contributed by atoms with Crippen LogP contribution >= 0.6 is 11.6 Å². The maximum Gasteiger partial charge on any atom is 0.337 e. The Bertz CT molecular complexity index is 667. The molecule has 0 unspecified atom stereocenters. The summed E-state index contributed by atoms with van der Waals surface area (Å²) in [5, 5.41) is 0.540. The van der Waals surface area contributed by atoms with Gasteiger partial charge in [-0.05, 0) is 36.4 Å². The first-order valence-corrected chi connectivity index (χ1v) is 6.58. The van der Waals surface area contributed by atoms with Crippen LogP contribution in [0.15, 0.2) is 36.4 Å². The van der Waals surface area contributed by atoms with Gasteiger partial charge in [0.05, 0.1) is 31.9 Å². The quantitative estimate of drug-likeness (QED) is 0.806. The van der Waals surface area contributed by atoms with E-state index in [9.17, 15) is 4.79 Å². The Morgan fingerprint density at radius 2 is 1.67 bits per heavy atom. The van der Waals surface area contributed by atoms with Crippen molar-refractivity contribution in [3.8, 4) is 22.6 Å². The fourth-order valence-electron chi connectivity index (χ4n) is 2.00. The molecule has 4 nitrogen and oxygen atoms in total. The van der Waals surface area contributed by atoms with Gasteiger partial charge in [0.2, 0.25) is 0 Å². The number of esters is 1. The molecule has 0 amide bonds. The van der Waals surface area contributed by atoms with Gasteiger partial charge in [0.1, 0.15) is 11.5 Å². The summed E-state index contributed by atoms with van der Waals surface area (Å²) in [7, 11) is 4.46. The fraction of sp³-hybridized carbons (Fsp3) is 0.188. The SMILES string of the molecule is COC(=O)c1ccc(-c2ccc(OC)cc2Cl)c(OC)c1. The van der Waals surface area contributed by atoms with Crippen LogP contribution in [0.5, 0.6) is 11.5 Å². The largest absolute Gasteiger partial charge is 0.497 e. The minimum absolute atomic E-state index is 0.416. The zero-order valence-corrected chi connectivity index (χ0v) is 12.7. The Labute approximate surface area is 128 Å². The molecule has 0 bridgehead atoms. The monoisotopic (exact) mass is 306 g/mol. The molecule has 0 spiro atoms. The van der Waals surface area contributed by atoms with Crippen LogP contribution < -0.4 is 9.47 Å². The number of ether oxygens (including phenoxy) is 3. The van der Waals surface area contributed by atoms with Gasteiger partial charge < -0.3 is 14.2 Å². The predicted octanol–water partition coefficient (Wildman–Crippen LogP) is 3.81. The van der Waals surface area contributed by atoms with E-state index < -0.39 is 5.97 Å². The van der Waals surface area contributed by atoms with E-state index >= 15 is 0 Å². The molecule has 21 heavy (non-hydrogen) atoms. The van der Waals surface area contributed by atoms with Gasteiger partial charge in [0, 0.05) is 11.1 Å². The smallest absolute Gasteiger partial charge is 0.337 e. The number of hydrogen-bond donors (Lipinski definition) is 0. The lowest BCUT2D eigenvalue weighted by Crippen LogP contribution is -2.02. The highest BCUT2D eigenvalue weighted by Crippen LogP contribution is 2.37. The van der Waals surface area contributed by atoms with Crippen LogP contribution in [0.3, 0.4) is 0 Å². The summed E-state index contributed by atoms with van der Waals surface area (Å²) in [6.07, 6.45) is 0. The second kappa shape index (κ2) is 6.50. The van der Waals surface area contributed by atoms with Crippen LogP contribution in [0.4, 0.5) is 0 Å². The van der Waals surface area contributed by atoms with E-state index in [0.717, 1.165) is 11.1 Å². The third-order valence-corrected chi connectivity index (χ3v) is 3.40. The molecule has 0 radical (unpaired) electrons. The first-order valence-electron chi connectivity index (χ1n) is 6.21. The Hall–Kier alpha value is -2.20. The van der Waals surface area contributed by atoms with Crippen molar-refractivity contribution in [1.82, 2.24) is 0 Å². The summed E-state index contributed by atoms with van der Waals surface area (Å²) >= 11 is 6.27. The molecule has 0 aliphatic carbocycles. The lowest BCUT2D eigenvalue weighted by atomic mass is 10.0. The van der Waals surface area contributed by atoms with Crippen molar-refractivity contribution >= 4 is 17.6 Å². The van der Waals surface area contributed by atoms with Gasteiger partial charge in [0.15, 0.2) is 0 Å². The zero-order valence-electron chi connectivity index (χ0n) is 12.0. The number of methoxy groups -OCH3 is 3. The summed E-state index contributed by atoms with van der Waals surface area (Å²) in [6, 6.07) is 10.5. The lowest BCUT2D eigenvalue weighted by Gasteiger charge is -2.12. The van der Waals surface area contributed by atoms with E-state index in [-0.39, 0.29) is 0 Å². The standard InChI is InChI=1S/C16H15ClO4/c1-19-11-5-7-12(14(17)9-11)13-6-4-10(16(18)21-3)8-15(13)20-2/h4-9H,1-3H3. The maximum absolute atomic E-state index is 11.6. The van der Waals surface area contributed by atoms with Gasteiger partial charge in [-0.3, -0.25) is 0 Å². The normalized spacial score (nSPS) is 10.1. The van der Waals surface area contributed by atoms with Gasteiger partial charge in [-0.25, -0.2) is 4.79 Å². The van der Waals surface area contributed by atoms with Crippen LogP contribution in [-0.4, -0.2) is 27.3 Å². The molecule has 0 saturated heterocycles. The lowest BCUT2D eigenvalue weighted by molar-refractivity contribution is 0.0600. The van der Waals surface area contributed by atoms with Crippen LogP contribution in [0.2, 0.25) is 5.02 Å². The second-order valence-electron chi connectivity index (χ2n) is 4.25. The summed E-state index contributed by atoms with van der Waals surface area (Å²) < 4.78 is 15.2. The molecular formula is C16H15ClO4. The molecule has 0 fully saturated rings. The van der Waals surface area contributed by atoms with Crippen molar-refractivity contribution in [2.75, 3.05) is 21.3 Å². The predicted molar refractivity (Wildman–Crippen MR) is 81.3 cm³/mol. The first-order chi connectivity index (χ1) is 10.1. The van der Waals surface area contributed by atoms with Crippen molar-refractivity contribution in [1.29, 1.82) is 0 Å². The maximum atomic E-state index is 11.6. The molecule has 0 atom stereocenters. The Morgan fingerprint density at radius 3 is 2.24 bits per heavy atom. The average molecular weight is 307 g/mol. The third kappa shape index (κ3) is 3.11. The molecule has 2 aromatic carbocycles. The molecular weight excluding hydrogens is 292 g/mol. The third-order valence-electron chi connectivity index (χ3n) is 3.09. The number of hydrogen-bond acceptors (Lipinski definition) is 4. The van der Waals surface area contributed by atoms with Crippen LogP contribution in [0.1, 0.15) is 10.4 Å². The minimum Gasteiger partial charge on any atom is -0.497 e. The summed E-state index contributed by atoms with van der Waals surface area (Å²) in [6.45, 7) is 0. The van der Waals surface area contributed by atoms with E-state index in [4.69, 9.17) is 25.8 Å². The van der Waals surface area contributed by atoms with Gasteiger partial charge in [-0.1, -0.05) is 11.6 Å². The van der Waals surface area contributed by atoms with Crippen LogP contribution in [0.25, 0.3) is 11.1 Å². The van der Waals surface area contributed by atoms with Crippen LogP contribution in [-0.2, 0) is 4.74 Å². The van der Waals surface area contributed by atoms with Crippen molar-refractivity contribution < 1.29 is 19.0 Å². The molecule has 0 aliphatic rings. The average Bonchev–Trinajstić information content (AvgIpc) is 2.53. The highest BCUT2D eigenvalue weighted by Gasteiger charge is 2.14.